The molecule has 0 bridgehead atoms. The van der Waals surface area contributed by atoms with Crippen molar-refractivity contribution in [2.45, 2.75) is 38.1 Å². The van der Waals surface area contributed by atoms with E-state index in [2.05, 4.69) is 36.2 Å². The van der Waals surface area contributed by atoms with Gasteiger partial charge in [0.2, 0.25) is 0 Å². The Balaban J connectivity index is 1.98. The van der Waals surface area contributed by atoms with E-state index >= 15 is 0 Å². The van der Waals surface area contributed by atoms with E-state index in [1.54, 1.807) is 0 Å². The van der Waals surface area contributed by atoms with Gasteiger partial charge in [0, 0.05) is 17.1 Å². The van der Waals surface area contributed by atoms with Crippen molar-refractivity contribution in [1.82, 2.24) is 4.98 Å². The van der Waals surface area contributed by atoms with Crippen molar-refractivity contribution in [3.63, 3.8) is 0 Å². The van der Waals surface area contributed by atoms with Gasteiger partial charge in [0.1, 0.15) is 0 Å². The molecule has 1 aromatic carbocycles. The minimum Gasteiger partial charge on any atom is -0.321 e. The van der Waals surface area contributed by atoms with Crippen LogP contribution in [0.3, 0.4) is 0 Å². The lowest BCUT2D eigenvalue weighted by molar-refractivity contribution is 0.248. The zero-order valence-corrected chi connectivity index (χ0v) is 10.9. The lowest BCUT2D eigenvalue weighted by Gasteiger charge is -2.36. The van der Waals surface area contributed by atoms with Crippen LogP contribution in [-0.4, -0.2) is 4.98 Å². The fraction of sp³-hybridized carbons (Fsp3) is 0.438. The van der Waals surface area contributed by atoms with Crippen LogP contribution in [0.2, 0.25) is 0 Å². The van der Waals surface area contributed by atoms with Gasteiger partial charge in [-0.1, -0.05) is 25.1 Å². The maximum atomic E-state index is 6.61. The summed E-state index contributed by atoms with van der Waals surface area (Å²) >= 11 is 0. The van der Waals surface area contributed by atoms with Crippen LogP contribution in [0.15, 0.2) is 36.5 Å². The summed E-state index contributed by atoms with van der Waals surface area (Å²) in [6.07, 6.45) is 6.49. The normalized spacial score (nSPS) is 28.4. The molecule has 3 rings (SSSR count). The Labute approximate surface area is 108 Å². The number of pyridine rings is 1. The molecule has 2 aromatic rings. The Kier molecular flexibility index (Phi) is 2.83. The number of hydrogen-bond acceptors (Lipinski definition) is 2. The third-order valence-corrected chi connectivity index (χ3v) is 4.35. The van der Waals surface area contributed by atoms with E-state index < -0.39 is 0 Å². The van der Waals surface area contributed by atoms with Crippen molar-refractivity contribution in [2.75, 3.05) is 0 Å². The summed E-state index contributed by atoms with van der Waals surface area (Å²) < 4.78 is 0. The first kappa shape index (κ1) is 11.7. The fourth-order valence-corrected chi connectivity index (χ4v) is 2.94. The van der Waals surface area contributed by atoms with Gasteiger partial charge in [-0.25, -0.2) is 0 Å². The standard InChI is InChI=1S/C16H20N2/c1-12-6-8-16(17,9-7-12)14-5-4-13-3-2-10-18-15(13)11-14/h2-5,10-12H,6-9,17H2,1H3. The SMILES string of the molecule is CC1CCC(N)(c2ccc3cccnc3c2)CC1. The van der Waals surface area contributed by atoms with Crippen LogP contribution in [-0.2, 0) is 5.54 Å². The van der Waals surface area contributed by atoms with Crippen molar-refractivity contribution < 1.29 is 0 Å². The summed E-state index contributed by atoms with van der Waals surface area (Å²) in [7, 11) is 0. The van der Waals surface area contributed by atoms with Crippen LogP contribution < -0.4 is 5.73 Å². The minimum atomic E-state index is -0.141. The Hall–Kier alpha value is -1.41. The Bertz CT molecular complexity index is 554. The molecule has 0 radical (unpaired) electrons. The lowest BCUT2D eigenvalue weighted by Crippen LogP contribution is -2.40. The molecule has 1 fully saturated rings. The number of aromatic nitrogens is 1. The van der Waals surface area contributed by atoms with Crippen LogP contribution in [0.5, 0.6) is 0 Å². The van der Waals surface area contributed by atoms with Crippen LogP contribution in [0.1, 0.15) is 38.2 Å². The first-order chi connectivity index (χ1) is 8.67. The lowest BCUT2D eigenvalue weighted by atomic mass is 9.74. The van der Waals surface area contributed by atoms with E-state index in [1.807, 2.05) is 12.3 Å². The van der Waals surface area contributed by atoms with Crippen LogP contribution in [0, 0.1) is 5.92 Å². The summed E-state index contributed by atoms with van der Waals surface area (Å²) in [5.74, 6) is 0.820. The van der Waals surface area contributed by atoms with E-state index in [0.717, 1.165) is 24.3 Å². The predicted molar refractivity (Wildman–Crippen MR) is 75.2 cm³/mol. The molecule has 1 aliphatic rings. The van der Waals surface area contributed by atoms with E-state index in [1.165, 1.54) is 23.8 Å². The Morgan fingerprint density at radius 1 is 1.22 bits per heavy atom. The average molecular weight is 240 g/mol. The summed E-state index contributed by atoms with van der Waals surface area (Å²) in [6.45, 7) is 2.32. The van der Waals surface area contributed by atoms with Gasteiger partial charge < -0.3 is 5.73 Å². The highest BCUT2D eigenvalue weighted by Crippen LogP contribution is 2.37. The molecule has 94 valence electrons. The Morgan fingerprint density at radius 2 is 2.00 bits per heavy atom. The molecule has 0 saturated heterocycles. The third kappa shape index (κ3) is 2.01. The van der Waals surface area contributed by atoms with Gasteiger partial charge in [0.25, 0.3) is 0 Å². The molecule has 1 saturated carbocycles. The average Bonchev–Trinajstić information content (AvgIpc) is 2.42. The number of benzene rings is 1. The molecule has 18 heavy (non-hydrogen) atoms. The third-order valence-electron chi connectivity index (χ3n) is 4.35. The van der Waals surface area contributed by atoms with Crippen molar-refractivity contribution in [3.05, 3.63) is 42.1 Å². The first-order valence-corrected chi connectivity index (χ1v) is 6.81. The van der Waals surface area contributed by atoms with Crippen molar-refractivity contribution in [1.29, 1.82) is 0 Å². The molecule has 0 spiro atoms. The second kappa shape index (κ2) is 4.36. The molecule has 0 aliphatic heterocycles. The van der Waals surface area contributed by atoms with E-state index in [4.69, 9.17) is 5.73 Å². The van der Waals surface area contributed by atoms with Gasteiger partial charge in [0.15, 0.2) is 0 Å². The monoisotopic (exact) mass is 240 g/mol. The zero-order chi connectivity index (χ0) is 12.6. The number of rotatable bonds is 1. The highest BCUT2D eigenvalue weighted by atomic mass is 14.8. The number of nitrogens with zero attached hydrogens (tertiary/aromatic N) is 1. The number of nitrogens with two attached hydrogens (primary N) is 1. The van der Waals surface area contributed by atoms with Crippen LogP contribution in [0.4, 0.5) is 0 Å². The fourth-order valence-electron chi connectivity index (χ4n) is 2.94. The molecule has 1 heterocycles. The molecule has 0 atom stereocenters. The molecule has 2 heteroatoms. The summed E-state index contributed by atoms with van der Waals surface area (Å²) in [6, 6.07) is 10.6. The second-order valence-corrected chi connectivity index (χ2v) is 5.75. The van der Waals surface area contributed by atoms with Gasteiger partial charge in [0.05, 0.1) is 5.52 Å². The molecule has 0 amide bonds. The zero-order valence-electron chi connectivity index (χ0n) is 10.9. The Morgan fingerprint density at radius 3 is 2.78 bits per heavy atom. The van der Waals surface area contributed by atoms with Gasteiger partial charge >= 0.3 is 0 Å². The summed E-state index contributed by atoms with van der Waals surface area (Å²) in [4.78, 5) is 4.43. The van der Waals surface area contributed by atoms with Gasteiger partial charge in [-0.3, -0.25) is 4.98 Å². The predicted octanol–water partition coefficient (Wildman–Crippen LogP) is 3.60. The minimum absolute atomic E-state index is 0.141. The van der Waals surface area contributed by atoms with Crippen molar-refractivity contribution in [2.24, 2.45) is 11.7 Å². The smallest absolute Gasteiger partial charge is 0.0705 e. The van der Waals surface area contributed by atoms with Crippen molar-refractivity contribution in [3.8, 4) is 0 Å². The molecular formula is C16H20N2. The number of hydrogen-bond donors (Lipinski definition) is 1. The topological polar surface area (TPSA) is 38.9 Å². The summed E-state index contributed by atoms with van der Waals surface area (Å²) in [5, 5.41) is 1.19. The number of fused-ring (bicyclic) bond motifs is 1. The quantitative estimate of drug-likeness (QED) is 0.827. The molecule has 1 aliphatic carbocycles. The molecule has 0 unspecified atom stereocenters. The first-order valence-electron chi connectivity index (χ1n) is 6.81. The highest BCUT2D eigenvalue weighted by Gasteiger charge is 2.31. The second-order valence-electron chi connectivity index (χ2n) is 5.75. The van der Waals surface area contributed by atoms with E-state index in [-0.39, 0.29) is 5.54 Å². The van der Waals surface area contributed by atoms with Gasteiger partial charge in [-0.2, -0.15) is 0 Å². The maximum absolute atomic E-state index is 6.61. The van der Waals surface area contributed by atoms with Gasteiger partial charge in [-0.05, 0) is 49.3 Å². The van der Waals surface area contributed by atoms with Crippen LogP contribution >= 0.6 is 0 Å². The van der Waals surface area contributed by atoms with Crippen molar-refractivity contribution >= 4 is 10.9 Å². The van der Waals surface area contributed by atoms with Gasteiger partial charge in [-0.15, -0.1) is 0 Å². The van der Waals surface area contributed by atoms with E-state index in [9.17, 15) is 0 Å². The highest BCUT2D eigenvalue weighted by molar-refractivity contribution is 5.79. The molecular weight excluding hydrogens is 220 g/mol. The molecule has 2 nitrogen and oxygen atoms in total. The molecule has 1 aromatic heterocycles. The maximum Gasteiger partial charge on any atom is 0.0705 e. The van der Waals surface area contributed by atoms with Crippen LogP contribution in [0.25, 0.3) is 10.9 Å². The van der Waals surface area contributed by atoms with E-state index in [0.29, 0.717) is 0 Å². The molecule has 2 N–H and O–H groups in total. The largest absolute Gasteiger partial charge is 0.321 e. The summed E-state index contributed by atoms with van der Waals surface area (Å²) in [5.41, 5.74) is 8.77.